The molecule has 6 aromatic rings. The maximum atomic E-state index is 6.82. The van der Waals surface area contributed by atoms with Crippen molar-refractivity contribution >= 4 is 21.8 Å². The van der Waals surface area contributed by atoms with Crippen LogP contribution in [0.5, 0.6) is 11.5 Å². The number of hydrogen-bond donors (Lipinski definition) is 0. The molecular weight excluding hydrogens is 625 g/mol. The zero-order valence-corrected chi connectivity index (χ0v) is 32.0. The first-order valence-electron chi connectivity index (χ1n) is 19.1. The molecule has 1 unspecified atom stereocenters. The fraction of sp³-hybridized carbons (Fsp3) is 0.391. The van der Waals surface area contributed by atoms with Crippen LogP contribution in [0.15, 0.2) is 90.6 Å². The van der Waals surface area contributed by atoms with Crippen LogP contribution in [0.1, 0.15) is 108 Å². The summed E-state index contributed by atoms with van der Waals surface area (Å²) in [4.78, 5) is 4.85. The van der Waals surface area contributed by atoms with Crippen LogP contribution in [-0.2, 0) is 11.8 Å². The van der Waals surface area contributed by atoms with Gasteiger partial charge in [-0.3, -0.25) is 4.57 Å². The van der Waals surface area contributed by atoms with Gasteiger partial charge in [0, 0.05) is 46.3 Å². The van der Waals surface area contributed by atoms with E-state index in [2.05, 4.69) is 150 Å². The molecule has 0 amide bonds. The van der Waals surface area contributed by atoms with Crippen LogP contribution in [0.4, 0.5) is 0 Å². The normalized spacial score (nSPS) is 18.1. The molecule has 3 aromatic heterocycles. The summed E-state index contributed by atoms with van der Waals surface area (Å²) in [7, 11) is 0. The summed E-state index contributed by atoms with van der Waals surface area (Å²) in [5.41, 5.74) is 11.0. The number of aromatic nitrogens is 4. The molecule has 0 radical (unpaired) electrons. The standard InChI is InChI=1S/C46H54N4O/c1-10-15-32-20-21-47-43(24-32)49-41-17-14-13-16-39(41)40-19-18-37(28-42(40)49)51-38-26-35(46(7,8)9)25-36(27-38)50-31(6)44(30(5)48-50)45-33(11-2)22-29(4)23-34(45)12-3/h13-14,16-22,24-29,34,45H,10-12,15,23H2,1-9H3/t29-,34-,45?/m0/s1. The minimum Gasteiger partial charge on any atom is -0.457 e. The minimum atomic E-state index is -0.0798. The Morgan fingerprint density at radius 1 is 0.863 bits per heavy atom. The molecule has 7 rings (SSSR count). The van der Waals surface area contributed by atoms with E-state index in [0.717, 1.165) is 59.0 Å². The maximum absolute atomic E-state index is 6.82. The van der Waals surface area contributed by atoms with Gasteiger partial charge in [0.05, 0.1) is 22.4 Å². The molecule has 0 aliphatic heterocycles. The largest absolute Gasteiger partial charge is 0.457 e. The third-order valence-electron chi connectivity index (χ3n) is 11.1. The van der Waals surface area contributed by atoms with E-state index in [0.29, 0.717) is 17.8 Å². The predicted molar refractivity (Wildman–Crippen MR) is 213 cm³/mol. The molecule has 264 valence electrons. The zero-order valence-electron chi connectivity index (χ0n) is 32.0. The van der Waals surface area contributed by atoms with Gasteiger partial charge in [0.15, 0.2) is 0 Å². The monoisotopic (exact) mass is 678 g/mol. The Morgan fingerprint density at radius 3 is 2.39 bits per heavy atom. The van der Waals surface area contributed by atoms with Gasteiger partial charge < -0.3 is 4.74 Å². The summed E-state index contributed by atoms with van der Waals surface area (Å²) in [5, 5.41) is 7.63. The van der Waals surface area contributed by atoms with E-state index in [-0.39, 0.29) is 5.41 Å². The van der Waals surface area contributed by atoms with Crippen LogP contribution < -0.4 is 4.74 Å². The lowest BCUT2D eigenvalue weighted by atomic mass is 9.69. The van der Waals surface area contributed by atoms with Crippen molar-refractivity contribution in [3.05, 3.63) is 119 Å². The van der Waals surface area contributed by atoms with Crippen LogP contribution in [-0.4, -0.2) is 19.3 Å². The van der Waals surface area contributed by atoms with Crippen molar-refractivity contribution in [1.82, 2.24) is 19.3 Å². The van der Waals surface area contributed by atoms with Crippen molar-refractivity contribution in [3.63, 3.8) is 0 Å². The smallest absolute Gasteiger partial charge is 0.137 e. The second-order valence-corrected chi connectivity index (χ2v) is 15.8. The first-order valence-corrected chi connectivity index (χ1v) is 19.1. The molecule has 5 nitrogen and oxygen atoms in total. The Kier molecular flexibility index (Phi) is 9.43. The van der Waals surface area contributed by atoms with Crippen LogP contribution in [0.2, 0.25) is 0 Å². The molecular formula is C46H54N4O. The molecule has 3 atom stereocenters. The van der Waals surface area contributed by atoms with Gasteiger partial charge in [0.1, 0.15) is 17.3 Å². The molecule has 0 fully saturated rings. The van der Waals surface area contributed by atoms with Gasteiger partial charge in [-0.25, -0.2) is 9.67 Å². The lowest BCUT2D eigenvalue weighted by molar-refractivity contribution is 0.347. The van der Waals surface area contributed by atoms with Crippen LogP contribution in [0, 0.1) is 25.7 Å². The van der Waals surface area contributed by atoms with Crippen LogP contribution >= 0.6 is 0 Å². The quantitative estimate of drug-likeness (QED) is 0.143. The van der Waals surface area contributed by atoms with Gasteiger partial charge in [-0.2, -0.15) is 5.10 Å². The van der Waals surface area contributed by atoms with Crippen molar-refractivity contribution in [2.75, 3.05) is 0 Å². The number of allylic oxidation sites excluding steroid dienone is 2. The fourth-order valence-corrected chi connectivity index (χ4v) is 8.59. The SMILES string of the molecule is CCCc1ccnc(-n2c3ccccc3c3ccc(Oc4cc(-n5nc(C)c(C6C(CC)=C[C@H](C)C[C@@H]6CC)c5C)cc(C(C)(C)C)c4)cc32)c1. The van der Waals surface area contributed by atoms with Gasteiger partial charge in [-0.05, 0) is 104 Å². The Bertz CT molecular complexity index is 2240. The van der Waals surface area contributed by atoms with E-state index in [1.165, 1.54) is 46.0 Å². The topological polar surface area (TPSA) is 44.9 Å². The molecule has 0 saturated heterocycles. The molecule has 3 aromatic carbocycles. The Balaban J connectivity index is 1.33. The summed E-state index contributed by atoms with van der Waals surface area (Å²) < 4.78 is 11.3. The number of para-hydroxylation sites is 1. The minimum absolute atomic E-state index is 0.0798. The van der Waals surface area contributed by atoms with Gasteiger partial charge in [-0.15, -0.1) is 0 Å². The highest BCUT2D eigenvalue weighted by molar-refractivity contribution is 6.09. The van der Waals surface area contributed by atoms with Crippen LogP contribution in [0.25, 0.3) is 33.3 Å². The van der Waals surface area contributed by atoms with Crippen molar-refractivity contribution in [2.24, 2.45) is 11.8 Å². The average molecular weight is 679 g/mol. The van der Waals surface area contributed by atoms with Crippen LogP contribution in [0.3, 0.4) is 0 Å². The van der Waals surface area contributed by atoms with Gasteiger partial charge in [0.2, 0.25) is 0 Å². The second kappa shape index (κ2) is 13.8. The predicted octanol–water partition coefficient (Wildman–Crippen LogP) is 12.5. The molecule has 1 aliphatic carbocycles. The van der Waals surface area contributed by atoms with Gasteiger partial charge in [0.25, 0.3) is 0 Å². The van der Waals surface area contributed by atoms with E-state index in [1.807, 2.05) is 6.20 Å². The highest BCUT2D eigenvalue weighted by Gasteiger charge is 2.34. The van der Waals surface area contributed by atoms with Crippen molar-refractivity contribution < 1.29 is 4.74 Å². The molecule has 0 saturated carbocycles. The number of pyridine rings is 1. The summed E-state index contributed by atoms with van der Waals surface area (Å²) in [6, 6.07) is 26.0. The lowest BCUT2D eigenvalue weighted by Gasteiger charge is -2.35. The zero-order chi connectivity index (χ0) is 36.0. The summed E-state index contributed by atoms with van der Waals surface area (Å²) in [6.45, 7) is 20.5. The van der Waals surface area contributed by atoms with E-state index < -0.39 is 0 Å². The molecule has 1 aliphatic rings. The third-order valence-corrected chi connectivity index (χ3v) is 11.1. The highest BCUT2D eigenvalue weighted by atomic mass is 16.5. The third kappa shape index (κ3) is 6.52. The summed E-state index contributed by atoms with van der Waals surface area (Å²) >= 11 is 0. The number of hydrogen-bond acceptors (Lipinski definition) is 3. The van der Waals surface area contributed by atoms with Gasteiger partial charge >= 0.3 is 0 Å². The molecule has 3 heterocycles. The lowest BCUT2D eigenvalue weighted by Crippen LogP contribution is -2.23. The van der Waals surface area contributed by atoms with Gasteiger partial charge in [-0.1, -0.05) is 91.2 Å². The van der Waals surface area contributed by atoms with E-state index in [4.69, 9.17) is 14.8 Å². The Morgan fingerprint density at radius 2 is 1.65 bits per heavy atom. The molecule has 0 N–H and O–H groups in total. The number of rotatable bonds is 9. The molecule has 0 bridgehead atoms. The van der Waals surface area contributed by atoms with Crippen molar-refractivity contribution in [3.8, 4) is 23.0 Å². The van der Waals surface area contributed by atoms with E-state index in [9.17, 15) is 0 Å². The molecule has 5 heteroatoms. The highest BCUT2D eigenvalue weighted by Crippen LogP contribution is 2.46. The number of benzene rings is 3. The molecule has 51 heavy (non-hydrogen) atoms. The molecule has 0 spiro atoms. The van der Waals surface area contributed by atoms with Crippen molar-refractivity contribution in [1.29, 1.82) is 0 Å². The van der Waals surface area contributed by atoms with E-state index >= 15 is 0 Å². The number of aryl methyl sites for hydroxylation is 2. The van der Waals surface area contributed by atoms with E-state index in [1.54, 1.807) is 5.57 Å². The first-order chi connectivity index (χ1) is 24.5. The summed E-state index contributed by atoms with van der Waals surface area (Å²) in [6.07, 6.45) is 10.1. The fourth-order valence-electron chi connectivity index (χ4n) is 8.59. The second-order valence-electron chi connectivity index (χ2n) is 15.8. The number of nitrogens with zero attached hydrogens (tertiary/aromatic N) is 4. The number of ether oxygens (including phenoxy) is 1. The van der Waals surface area contributed by atoms with Crippen molar-refractivity contribution in [2.45, 2.75) is 106 Å². The first kappa shape index (κ1) is 34.8. The summed E-state index contributed by atoms with van der Waals surface area (Å²) in [5.74, 6) is 4.21. The Labute approximate surface area is 304 Å². The number of fused-ring (bicyclic) bond motifs is 3. The maximum Gasteiger partial charge on any atom is 0.137 e. The average Bonchev–Trinajstić information content (AvgIpc) is 3.60. The Hall–Kier alpha value is -4.64.